The summed E-state index contributed by atoms with van der Waals surface area (Å²) in [6, 6.07) is 21.2. The highest BCUT2D eigenvalue weighted by atomic mass is 32.2. The Kier molecular flexibility index (Phi) is 10.1. The van der Waals surface area contributed by atoms with Crippen LogP contribution in [-0.2, 0) is 0 Å². The summed E-state index contributed by atoms with van der Waals surface area (Å²) < 4.78 is 42.7. The smallest absolute Gasteiger partial charge is 0.406 e. The second-order valence-corrected chi connectivity index (χ2v) is 12.0. The fourth-order valence-electron chi connectivity index (χ4n) is 5.16. The van der Waals surface area contributed by atoms with Crippen LogP contribution in [0.15, 0.2) is 84.1 Å². The zero-order valence-electron chi connectivity index (χ0n) is 25.3. The third-order valence-electron chi connectivity index (χ3n) is 7.49. The molecule has 0 saturated carbocycles. The van der Waals surface area contributed by atoms with Crippen molar-refractivity contribution in [2.45, 2.75) is 51.8 Å². The van der Waals surface area contributed by atoms with Crippen LogP contribution < -0.4 is 15.0 Å². The molecule has 1 atom stereocenters. The maximum atomic E-state index is 13.0. The molecule has 0 radical (unpaired) electrons. The Hall–Kier alpha value is -4.32. The maximum Gasteiger partial charge on any atom is 0.573 e. The fraction of sp³-hybridized carbons (Fsp3) is 0.333. The molecule has 3 aromatic carbocycles. The number of nitrogens with zero attached hydrogens (tertiary/aromatic N) is 5. The van der Waals surface area contributed by atoms with Gasteiger partial charge in [-0.05, 0) is 60.2 Å². The third kappa shape index (κ3) is 8.24. The van der Waals surface area contributed by atoms with Gasteiger partial charge in [0.15, 0.2) is 11.0 Å². The largest absolute Gasteiger partial charge is 0.573 e. The zero-order chi connectivity index (χ0) is 32.0. The highest BCUT2D eigenvalue weighted by Gasteiger charge is 2.31. The number of carbonyl (C=O) groups is 1. The van der Waals surface area contributed by atoms with Gasteiger partial charge in [0.05, 0.1) is 5.69 Å². The molecule has 1 unspecified atom stereocenters. The molecule has 12 heteroatoms. The highest BCUT2D eigenvalue weighted by molar-refractivity contribution is 8.14. The quantitative estimate of drug-likeness (QED) is 0.200. The van der Waals surface area contributed by atoms with Gasteiger partial charge in [0.1, 0.15) is 12.1 Å². The van der Waals surface area contributed by atoms with Gasteiger partial charge in [-0.1, -0.05) is 75.0 Å². The van der Waals surface area contributed by atoms with Gasteiger partial charge in [-0.2, -0.15) is 4.99 Å². The Morgan fingerprint density at radius 1 is 1.07 bits per heavy atom. The number of amidine groups is 1. The molecule has 1 fully saturated rings. The molecule has 1 aromatic heterocycles. The van der Waals surface area contributed by atoms with Gasteiger partial charge < -0.3 is 15.0 Å². The van der Waals surface area contributed by atoms with E-state index in [1.807, 2.05) is 36.4 Å². The molecule has 1 aliphatic rings. The predicted octanol–water partition coefficient (Wildman–Crippen LogP) is 8.16. The van der Waals surface area contributed by atoms with Crippen LogP contribution in [0.4, 0.5) is 23.7 Å². The van der Waals surface area contributed by atoms with Crippen molar-refractivity contribution in [3.63, 3.8) is 0 Å². The number of amides is 2. The van der Waals surface area contributed by atoms with Gasteiger partial charge >= 0.3 is 12.4 Å². The summed E-state index contributed by atoms with van der Waals surface area (Å²) in [5, 5.41) is 8.20. The number of urea groups is 1. The van der Waals surface area contributed by atoms with Crippen molar-refractivity contribution in [2.75, 3.05) is 23.7 Å². The zero-order valence-corrected chi connectivity index (χ0v) is 26.1. The molecule has 4 aromatic rings. The van der Waals surface area contributed by atoms with Gasteiger partial charge in [-0.3, -0.25) is 0 Å². The Morgan fingerprint density at radius 3 is 2.49 bits per heavy atom. The SMILES string of the molecule is CCC(CNC(=O)/N=C1\SCCCN1c1ccccc1C(C)C)c1ccc(-c2ncn(-c3ccc(OC(F)(F)F)cc3)n2)cc1. The van der Waals surface area contributed by atoms with Crippen molar-refractivity contribution < 1.29 is 22.7 Å². The lowest BCUT2D eigenvalue weighted by Gasteiger charge is -2.31. The first kappa shape index (κ1) is 32.1. The van der Waals surface area contributed by atoms with E-state index in [4.69, 9.17) is 0 Å². The minimum atomic E-state index is -4.75. The number of rotatable bonds is 9. The summed E-state index contributed by atoms with van der Waals surface area (Å²) in [4.78, 5) is 24.0. The normalized spacial score (nSPS) is 15.4. The van der Waals surface area contributed by atoms with Crippen LogP contribution in [0.25, 0.3) is 17.1 Å². The van der Waals surface area contributed by atoms with Crippen molar-refractivity contribution >= 4 is 28.6 Å². The average molecular weight is 637 g/mol. The second kappa shape index (κ2) is 14.2. The first-order valence-electron chi connectivity index (χ1n) is 14.8. The van der Waals surface area contributed by atoms with Crippen molar-refractivity contribution in [1.29, 1.82) is 0 Å². The van der Waals surface area contributed by atoms with E-state index in [0.717, 1.165) is 47.1 Å². The van der Waals surface area contributed by atoms with E-state index in [0.29, 0.717) is 24.0 Å². The number of hydrogen-bond acceptors (Lipinski definition) is 5. The van der Waals surface area contributed by atoms with E-state index in [9.17, 15) is 18.0 Å². The van der Waals surface area contributed by atoms with Gasteiger partial charge in [0.2, 0.25) is 0 Å². The molecule has 2 heterocycles. The fourth-order valence-corrected chi connectivity index (χ4v) is 6.11. The van der Waals surface area contributed by atoms with Gasteiger partial charge in [-0.15, -0.1) is 18.3 Å². The summed E-state index contributed by atoms with van der Waals surface area (Å²) in [6.45, 7) is 7.68. The molecule has 2 amide bonds. The van der Waals surface area contributed by atoms with E-state index < -0.39 is 6.36 Å². The van der Waals surface area contributed by atoms with E-state index in [-0.39, 0.29) is 17.7 Å². The van der Waals surface area contributed by atoms with Gasteiger partial charge in [0, 0.05) is 36.0 Å². The van der Waals surface area contributed by atoms with Crippen LogP contribution >= 0.6 is 11.8 Å². The predicted molar refractivity (Wildman–Crippen MR) is 172 cm³/mol. The highest BCUT2D eigenvalue weighted by Crippen LogP contribution is 2.32. The van der Waals surface area contributed by atoms with E-state index in [1.54, 1.807) is 11.8 Å². The van der Waals surface area contributed by atoms with Crippen LogP contribution in [0.5, 0.6) is 5.75 Å². The molecule has 1 aliphatic heterocycles. The van der Waals surface area contributed by atoms with Crippen LogP contribution in [0, 0.1) is 0 Å². The van der Waals surface area contributed by atoms with Crippen LogP contribution in [0.3, 0.4) is 0 Å². The van der Waals surface area contributed by atoms with E-state index >= 15 is 0 Å². The first-order chi connectivity index (χ1) is 21.6. The average Bonchev–Trinajstić information content (AvgIpc) is 3.52. The molecule has 0 bridgehead atoms. The van der Waals surface area contributed by atoms with Crippen LogP contribution in [0.2, 0.25) is 0 Å². The first-order valence-corrected chi connectivity index (χ1v) is 15.8. The molecule has 0 spiro atoms. The summed E-state index contributed by atoms with van der Waals surface area (Å²) in [7, 11) is 0. The van der Waals surface area contributed by atoms with Crippen molar-refractivity contribution in [3.05, 3.63) is 90.3 Å². The van der Waals surface area contributed by atoms with E-state index in [2.05, 4.69) is 62.9 Å². The number of alkyl halides is 3. The third-order valence-corrected chi connectivity index (χ3v) is 8.56. The number of hydrogen-bond donors (Lipinski definition) is 1. The Bertz CT molecular complexity index is 1620. The summed E-state index contributed by atoms with van der Waals surface area (Å²) in [5.41, 5.74) is 4.73. The van der Waals surface area contributed by atoms with Crippen molar-refractivity contribution in [3.8, 4) is 22.8 Å². The molecule has 45 heavy (non-hydrogen) atoms. The van der Waals surface area contributed by atoms with Gasteiger partial charge in [0.25, 0.3) is 0 Å². The number of thioether (sulfide) groups is 1. The number of para-hydroxylation sites is 1. The molecule has 1 N–H and O–H groups in total. The summed E-state index contributed by atoms with van der Waals surface area (Å²) in [6.07, 6.45) is -1.40. The lowest BCUT2D eigenvalue weighted by molar-refractivity contribution is -0.274. The summed E-state index contributed by atoms with van der Waals surface area (Å²) >= 11 is 1.61. The number of aliphatic imine (C=N–C) groups is 1. The lowest BCUT2D eigenvalue weighted by Crippen LogP contribution is -2.37. The standard InChI is InChI=1S/C33H35F3N6O2S/c1-4-23(20-37-31(43)39-32-41(18-7-19-45-32)29-9-6-5-8-28(29)22(2)3)24-10-12-25(13-11-24)30-38-21-42(40-30)26-14-16-27(17-15-26)44-33(34,35)36/h5-6,8-17,21-23H,4,7,18-20H2,1-3H3,(H,37,43)/b39-32-. The molecule has 5 rings (SSSR count). The van der Waals surface area contributed by atoms with Crippen LogP contribution in [0.1, 0.15) is 56.6 Å². The number of aromatic nitrogens is 3. The minimum absolute atomic E-state index is 0.0860. The minimum Gasteiger partial charge on any atom is -0.406 e. The van der Waals surface area contributed by atoms with Crippen molar-refractivity contribution in [1.82, 2.24) is 20.1 Å². The molecular formula is C33H35F3N6O2S. The number of halogens is 3. The number of ether oxygens (including phenoxy) is 1. The molecular weight excluding hydrogens is 601 g/mol. The number of benzene rings is 3. The maximum absolute atomic E-state index is 13.0. The second-order valence-electron chi connectivity index (χ2n) is 10.9. The Balaban J connectivity index is 1.22. The van der Waals surface area contributed by atoms with Crippen molar-refractivity contribution in [2.24, 2.45) is 4.99 Å². The Labute approximate surface area is 264 Å². The lowest BCUT2D eigenvalue weighted by atomic mass is 9.95. The molecule has 1 saturated heterocycles. The molecule has 236 valence electrons. The monoisotopic (exact) mass is 636 g/mol. The molecule has 8 nitrogen and oxygen atoms in total. The number of nitrogens with one attached hydrogen (secondary N) is 1. The van der Waals surface area contributed by atoms with Gasteiger partial charge in [-0.25, -0.2) is 14.5 Å². The summed E-state index contributed by atoms with van der Waals surface area (Å²) in [5.74, 6) is 1.53. The number of carbonyl (C=O) groups excluding carboxylic acids is 1. The number of anilines is 1. The Morgan fingerprint density at radius 2 is 1.80 bits per heavy atom. The van der Waals surface area contributed by atoms with Crippen LogP contribution in [-0.4, -0.2) is 51.2 Å². The molecule has 0 aliphatic carbocycles. The topological polar surface area (TPSA) is 84.6 Å². The van der Waals surface area contributed by atoms with E-state index in [1.165, 1.54) is 40.8 Å².